The molecule has 1 aromatic carbocycles. The van der Waals surface area contributed by atoms with Gasteiger partial charge in [0.05, 0.1) is 33.0 Å². The Kier molecular flexibility index (Phi) is 8.21. The second-order valence-electron chi connectivity index (χ2n) is 4.16. The molecule has 0 saturated heterocycles. The van der Waals surface area contributed by atoms with Gasteiger partial charge < -0.3 is 19.5 Å². The van der Waals surface area contributed by atoms with Crippen molar-refractivity contribution in [1.82, 2.24) is 5.32 Å². The van der Waals surface area contributed by atoms with Crippen LogP contribution in [0.25, 0.3) is 0 Å². The molecule has 4 nitrogen and oxygen atoms in total. The molecule has 1 atom stereocenters. The lowest BCUT2D eigenvalue weighted by molar-refractivity contribution is 0.0435. The quantitative estimate of drug-likeness (QED) is 0.661. The summed E-state index contributed by atoms with van der Waals surface area (Å²) in [4.78, 5) is 0. The summed E-state index contributed by atoms with van der Waals surface area (Å²) >= 11 is 0. The van der Waals surface area contributed by atoms with Crippen molar-refractivity contribution in [2.75, 3.05) is 40.1 Å². The fourth-order valence-electron chi connectivity index (χ4n) is 1.84. The lowest BCUT2D eigenvalue weighted by atomic mass is 10.1. The molecule has 0 heterocycles. The second-order valence-corrected chi connectivity index (χ2v) is 4.16. The van der Waals surface area contributed by atoms with Gasteiger partial charge in [0.15, 0.2) is 0 Å². The Morgan fingerprint density at radius 3 is 2.63 bits per heavy atom. The van der Waals surface area contributed by atoms with Crippen molar-refractivity contribution in [3.8, 4) is 5.75 Å². The minimum Gasteiger partial charge on any atom is -0.497 e. The van der Waals surface area contributed by atoms with Crippen molar-refractivity contribution in [1.29, 1.82) is 0 Å². The third-order valence-corrected chi connectivity index (χ3v) is 2.81. The topological polar surface area (TPSA) is 39.7 Å². The van der Waals surface area contributed by atoms with Crippen molar-refractivity contribution >= 4 is 0 Å². The highest BCUT2D eigenvalue weighted by Crippen LogP contribution is 2.19. The van der Waals surface area contributed by atoms with Gasteiger partial charge in [-0.25, -0.2) is 0 Å². The molecule has 0 aliphatic carbocycles. The molecule has 0 aliphatic heterocycles. The number of ether oxygens (including phenoxy) is 3. The predicted octanol–water partition coefficient (Wildman–Crippen LogP) is 2.40. The second kappa shape index (κ2) is 9.78. The molecule has 1 aromatic rings. The maximum Gasteiger partial charge on any atom is 0.119 e. The summed E-state index contributed by atoms with van der Waals surface area (Å²) in [5.41, 5.74) is 1.18. The highest BCUT2D eigenvalue weighted by Gasteiger charge is 2.11. The number of benzene rings is 1. The van der Waals surface area contributed by atoms with Gasteiger partial charge in [-0.05, 0) is 31.2 Å². The number of likely N-dealkylation sites (N-methyl/N-ethyl adjacent to an activating group) is 1. The molecule has 0 spiro atoms. The summed E-state index contributed by atoms with van der Waals surface area (Å²) in [6.45, 7) is 7.61. The van der Waals surface area contributed by atoms with Crippen LogP contribution in [0.2, 0.25) is 0 Å². The maximum absolute atomic E-state index is 5.65. The van der Waals surface area contributed by atoms with Crippen molar-refractivity contribution in [2.24, 2.45) is 0 Å². The molecule has 0 bridgehead atoms. The average molecular weight is 267 g/mol. The third kappa shape index (κ3) is 6.05. The Hall–Kier alpha value is -1.10. The fourth-order valence-corrected chi connectivity index (χ4v) is 1.84. The summed E-state index contributed by atoms with van der Waals surface area (Å²) < 4.78 is 16.2. The highest BCUT2D eigenvalue weighted by atomic mass is 16.5. The smallest absolute Gasteiger partial charge is 0.119 e. The zero-order valence-corrected chi connectivity index (χ0v) is 12.1. The fraction of sp³-hybridized carbons (Fsp3) is 0.600. The average Bonchev–Trinajstić information content (AvgIpc) is 2.46. The zero-order chi connectivity index (χ0) is 13.9. The van der Waals surface area contributed by atoms with E-state index in [0.717, 1.165) is 18.9 Å². The van der Waals surface area contributed by atoms with E-state index in [-0.39, 0.29) is 6.04 Å². The van der Waals surface area contributed by atoms with Gasteiger partial charge in [-0.1, -0.05) is 19.1 Å². The van der Waals surface area contributed by atoms with Crippen molar-refractivity contribution in [3.63, 3.8) is 0 Å². The molecule has 1 rings (SSSR count). The standard InChI is InChI=1S/C15H25NO3/c1-4-16-15(12-19-10-9-18-5-2)13-7-6-8-14(11-13)17-3/h6-8,11,15-16H,4-5,9-10,12H2,1-3H3. The Balaban J connectivity index is 2.50. The Labute approximate surface area is 116 Å². The monoisotopic (exact) mass is 267 g/mol. The first-order valence-corrected chi connectivity index (χ1v) is 6.84. The summed E-state index contributed by atoms with van der Waals surface area (Å²) in [7, 11) is 1.68. The van der Waals surface area contributed by atoms with E-state index in [0.29, 0.717) is 19.8 Å². The lowest BCUT2D eigenvalue weighted by Crippen LogP contribution is -2.26. The van der Waals surface area contributed by atoms with Crippen LogP contribution in [0.15, 0.2) is 24.3 Å². The van der Waals surface area contributed by atoms with Crippen LogP contribution < -0.4 is 10.1 Å². The molecule has 0 fully saturated rings. The highest BCUT2D eigenvalue weighted by molar-refractivity contribution is 5.30. The van der Waals surface area contributed by atoms with Crippen molar-refractivity contribution < 1.29 is 14.2 Å². The van der Waals surface area contributed by atoms with E-state index < -0.39 is 0 Å². The van der Waals surface area contributed by atoms with E-state index in [4.69, 9.17) is 14.2 Å². The molecule has 4 heteroatoms. The molecule has 108 valence electrons. The van der Waals surface area contributed by atoms with Gasteiger partial charge in [0.2, 0.25) is 0 Å². The molecule has 0 aromatic heterocycles. The van der Waals surface area contributed by atoms with E-state index in [1.54, 1.807) is 7.11 Å². The first-order valence-electron chi connectivity index (χ1n) is 6.84. The number of methoxy groups -OCH3 is 1. The molecule has 19 heavy (non-hydrogen) atoms. The molecular weight excluding hydrogens is 242 g/mol. The van der Waals surface area contributed by atoms with Crippen molar-refractivity contribution in [3.05, 3.63) is 29.8 Å². The molecule has 0 amide bonds. The number of hydrogen-bond acceptors (Lipinski definition) is 4. The summed E-state index contributed by atoms with van der Waals surface area (Å²) in [5, 5.41) is 3.42. The zero-order valence-electron chi connectivity index (χ0n) is 12.1. The van der Waals surface area contributed by atoms with Crippen LogP contribution in [0.4, 0.5) is 0 Å². The predicted molar refractivity (Wildman–Crippen MR) is 76.7 cm³/mol. The van der Waals surface area contributed by atoms with E-state index in [2.05, 4.69) is 18.3 Å². The van der Waals surface area contributed by atoms with Gasteiger partial charge >= 0.3 is 0 Å². The van der Waals surface area contributed by atoms with E-state index >= 15 is 0 Å². The lowest BCUT2D eigenvalue weighted by Gasteiger charge is -2.19. The maximum atomic E-state index is 5.65. The van der Waals surface area contributed by atoms with Gasteiger partial charge in [-0.15, -0.1) is 0 Å². The van der Waals surface area contributed by atoms with Gasteiger partial charge in [0.1, 0.15) is 5.75 Å². The molecule has 1 unspecified atom stereocenters. The number of hydrogen-bond donors (Lipinski definition) is 1. The van der Waals surface area contributed by atoms with E-state index in [1.807, 2.05) is 25.1 Å². The Morgan fingerprint density at radius 1 is 1.16 bits per heavy atom. The Bertz CT molecular complexity index is 344. The summed E-state index contributed by atoms with van der Waals surface area (Å²) in [5.74, 6) is 0.870. The molecule has 0 aliphatic rings. The van der Waals surface area contributed by atoms with Crippen LogP contribution in [0.1, 0.15) is 25.5 Å². The van der Waals surface area contributed by atoms with Crippen LogP contribution in [0.3, 0.4) is 0 Å². The van der Waals surface area contributed by atoms with E-state index in [9.17, 15) is 0 Å². The number of rotatable bonds is 10. The first-order chi connectivity index (χ1) is 9.31. The Morgan fingerprint density at radius 2 is 1.95 bits per heavy atom. The number of nitrogens with one attached hydrogen (secondary N) is 1. The third-order valence-electron chi connectivity index (χ3n) is 2.81. The van der Waals surface area contributed by atoms with E-state index in [1.165, 1.54) is 5.56 Å². The van der Waals surface area contributed by atoms with Crippen LogP contribution >= 0.6 is 0 Å². The molecular formula is C15H25NO3. The molecule has 0 radical (unpaired) electrons. The van der Waals surface area contributed by atoms with Crippen LogP contribution in [0, 0.1) is 0 Å². The van der Waals surface area contributed by atoms with Crippen LogP contribution in [-0.4, -0.2) is 40.1 Å². The minimum atomic E-state index is 0.182. The normalized spacial score (nSPS) is 12.4. The van der Waals surface area contributed by atoms with Crippen LogP contribution in [-0.2, 0) is 9.47 Å². The van der Waals surface area contributed by atoms with Gasteiger partial charge in [-0.2, -0.15) is 0 Å². The minimum absolute atomic E-state index is 0.182. The van der Waals surface area contributed by atoms with Gasteiger partial charge in [0, 0.05) is 6.61 Å². The SMILES string of the molecule is CCNC(COCCOCC)c1cccc(OC)c1. The molecule has 1 N–H and O–H groups in total. The van der Waals surface area contributed by atoms with Gasteiger partial charge in [0.25, 0.3) is 0 Å². The summed E-state index contributed by atoms with van der Waals surface area (Å²) in [6, 6.07) is 8.25. The molecule has 0 saturated carbocycles. The largest absolute Gasteiger partial charge is 0.497 e. The van der Waals surface area contributed by atoms with Crippen LogP contribution in [0.5, 0.6) is 5.75 Å². The first kappa shape index (κ1) is 16.0. The van der Waals surface area contributed by atoms with Crippen molar-refractivity contribution in [2.45, 2.75) is 19.9 Å². The summed E-state index contributed by atoms with van der Waals surface area (Å²) in [6.07, 6.45) is 0. The van der Waals surface area contributed by atoms with Gasteiger partial charge in [-0.3, -0.25) is 0 Å².